The molecule has 0 aliphatic heterocycles. The first-order chi connectivity index (χ1) is 6.92. The van der Waals surface area contributed by atoms with Crippen molar-refractivity contribution in [3.8, 4) is 5.88 Å². The summed E-state index contributed by atoms with van der Waals surface area (Å²) < 4.78 is 31.1. The molecule has 15 heavy (non-hydrogen) atoms. The molecule has 1 heterocycles. The fourth-order valence-electron chi connectivity index (χ4n) is 1.56. The predicted molar refractivity (Wildman–Crippen MR) is 51.2 cm³/mol. The van der Waals surface area contributed by atoms with Gasteiger partial charge in [0.05, 0.1) is 17.7 Å². The van der Waals surface area contributed by atoms with Crippen LogP contribution in [0.4, 0.5) is 8.78 Å². The Kier molecular flexibility index (Phi) is 2.13. The molecule has 6 heteroatoms. The molecule has 1 fully saturated rings. The second kappa shape index (κ2) is 3.02. The van der Waals surface area contributed by atoms with E-state index in [4.69, 9.17) is 22.1 Å². The van der Waals surface area contributed by atoms with Crippen LogP contribution in [0.1, 0.15) is 12.0 Å². The lowest BCUT2D eigenvalue weighted by molar-refractivity contribution is 0.0882. The summed E-state index contributed by atoms with van der Waals surface area (Å²) in [4.78, 5) is 3.81. The summed E-state index contributed by atoms with van der Waals surface area (Å²) >= 11 is 5.83. The maximum absolute atomic E-state index is 13.1. The Labute approximate surface area is 90.2 Å². The summed E-state index contributed by atoms with van der Waals surface area (Å²) in [5, 5.41) is 0.154. The first kappa shape index (κ1) is 10.6. The predicted octanol–water partition coefficient (Wildman–Crippen LogP) is 1.94. The molecule has 0 amide bonds. The molecule has 1 aromatic heterocycles. The van der Waals surface area contributed by atoms with Crippen LogP contribution in [-0.2, 0) is 5.54 Å². The monoisotopic (exact) mass is 234 g/mol. The molecule has 82 valence electrons. The molecular weight excluding hydrogens is 226 g/mol. The number of nitrogens with two attached hydrogens (primary N) is 1. The molecular formula is C9H9ClF2N2O. The number of hydrogen-bond donors (Lipinski definition) is 1. The number of methoxy groups -OCH3 is 1. The molecule has 0 spiro atoms. The fourth-order valence-corrected chi connectivity index (χ4v) is 1.86. The number of nitrogens with zero attached hydrogens (tertiary/aromatic N) is 1. The van der Waals surface area contributed by atoms with E-state index in [1.54, 1.807) is 0 Å². The Bertz CT molecular complexity index is 413. The largest absolute Gasteiger partial charge is 0.481 e. The Hall–Kier alpha value is -0.940. The van der Waals surface area contributed by atoms with E-state index >= 15 is 0 Å². The van der Waals surface area contributed by atoms with Crippen molar-refractivity contribution in [2.45, 2.75) is 17.9 Å². The number of aromatic nitrogens is 1. The molecule has 1 aliphatic carbocycles. The van der Waals surface area contributed by atoms with Crippen molar-refractivity contribution in [3.63, 3.8) is 0 Å². The third-order valence-electron chi connectivity index (χ3n) is 2.53. The van der Waals surface area contributed by atoms with Gasteiger partial charge in [-0.15, -0.1) is 0 Å². The number of hydrogen-bond acceptors (Lipinski definition) is 3. The van der Waals surface area contributed by atoms with Crippen LogP contribution in [0.2, 0.25) is 5.02 Å². The normalized spacial score (nSPS) is 27.5. The van der Waals surface area contributed by atoms with Gasteiger partial charge in [-0.25, -0.2) is 13.8 Å². The third-order valence-corrected chi connectivity index (χ3v) is 2.85. The number of ether oxygens (including phenoxy) is 1. The van der Waals surface area contributed by atoms with E-state index in [0.717, 1.165) is 0 Å². The first-order valence-electron chi connectivity index (χ1n) is 4.28. The minimum Gasteiger partial charge on any atom is -0.481 e. The topological polar surface area (TPSA) is 48.1 Å². The SMILES string of the molecule is COc1nccc(Cl)c1C1(N)CC1(F)F. The molecule has 3 nitrogen and oxygen atoms in total. The molecule has 2 N–H and O–H groups in total. The Balaban J connectivity index is 2.54. The number of pyridine rings is 1. The Morgan fingerprint density at radius 3 is 2.67 bits per heavy atom. The summed E-state index contributed by atoms with van der Waals surface area (Å²) in [5.74, 6) is -2.88. The van der Waals surface area contributed by atoms with E-state index < -0.39 is 17.9 Å². The van der Waals surface area contributed by atoms with E-state index in [0.29, 0.717) is 0 Å². The van der Waals surface area contributed by atoms with Crippen LogP contribution in [0.5, 0.6) is 5.88 Å². The lowest BCUT2D eigenvalue weighted by atomic mass is 10.1. The average molecular weight is 235 g/mol. The summed E-state index contributed by atoms with van der Waals surface area (Å²) in [6.45, 7) is 0. The Morgan fingerprint density at radius 1 is 1.60 bits per heavy atom. The van der Waals surface area contributed by atoms with E-state index in [2.05, 4.69) is 4.98 Å². The van der Waals surface area contributed by atoms with Crippen molar-refractivity contribution in [2.24, 2.45) is 5.73 Å². The van der Waals surface area contributed by atoms with Gasteiger partial charge in [-0.3, -0.25) is 0 Å². The van der Waals surface area contributed by atoms with Gasteiger partial charge in [0.1, 0.15) is 5.54 Å². The first-order valence-corrected chi connectivity index (χ1v) is 4.66. The van der Waals surface area contributed by atoms with Gasteiger partial charge in [0, 0.05) is 12.6 Å². The highest BCUT2D eigenvalue weighted by Crippen LogP contribution is 2.60. The second-order valence-electron chi connectivity index (χ2n) is 3.53. The summed E-state index contributed by atoms with van der Waals surface area (Å²) in [5.41, 5.74) is 3.92. The van der Waals surface area contributed by atoms with Crippen molar-refractivity contribution in [2.75, 3.05) is 7.11 Å². The molecule has 0 bridgehead atoms. The lowest BCUT2D eigenvalue weighted by Crippen LogP contribution is -2.28. The Morgan fingerprint density at radius 2 is 2.20 bits per heavy atom. The minimum atomic E-state index is -2.94. The van der Waals surface area contributed by atoms with Gasteiger partial charge in [-0.05, 0) is 6.07 Å². The molecule has 1 saturated carbocycles. The van der Waals surface area contributed by atoms with Crippen LogP contribution in [-0.4, -0.2) is 18.0 Å². The zero-order valence-corrected chi connectivity index (χ0v) is 8.68. The molecule has 1 atom stereocenters. The molecule has 0 radical (unpaired) electrons. The van der Waals surface area contributed by atoms with Crippen molar-refractivity contribution >= 4 is 11.6 Å². The van der Waals surface area contributed by atoms with E-state index in [9.17, 15) is 8.78 Å². The number of halogens is 3. The van der Waals surface area contributed by atoms with Gasteiger partial charge in [0.25, 0.3) is 5.92 Å². The smallest absolute Gasteiger partial charge is 0.272 e. The van der Waals surface area contributed by atoms with Gasteiger partial charge in [0.15, 0.2) is 0 Å². The van der Waals surface area contributed by atoms with Crippen LogP contribution in [0, 0.1) is 0 Å². The fraction of sp³-hybridized carbons (Fsp3) is 0.444. The lowest BCUT2D eigenvalue weighted by Gasteiger charge is -2.15. The molecule has 1 unspecified atom stereocenters. The number of alkyl halides is 2. The third kappa shape index (κ3) is 1.38. The molecule has 1 aliphatic rings. The minimum absolute atomic E-state index is 0.0576. The van der Waals surface area contributed by atoms with Gasteiger partial charge in [-0.2, -0.15) is 0 Å². The highest BCUT2D eigenvalue weighted by molar-refractivity contribution is 6.31. The van der Waals surface area contributed by atoms with Gasteiger partial charge in [0.2, 0.25) is 5.88 Å². The standard InChI is InChI=1S/C9H9ClF2N2O/c1-15-7-6(5(10)2-3-14-7)8(13)4-9(8,11)12/h2-3H,4,13H2,1H3. The van der Waals surface area contributed by atoms with Crippen molar-refractivity contribution < 1.29 is 13.5 Å². The van der Waals surface area contributed by atoms with Crippen LogP contribution in [0.25, 0.3) is 0 Å². The van der Waals surface area contributed by atoms with Crippen LogP contribution < -0.4 is 10.5 Å². The van der Waals surface area contributed by atoms with Gasteiger partial charge >= 0.3 is 0 Å². The van der Waals surface area contributed by atoms with Crippen molar-refractivity contribution in [1.29, 1.82) is 0 Å². The van der Waals surface area contributed by atoms with Crippen molar-refractivity contribution in [3.05, 3.63) is 22.8 Å². The highest BCUT2D eigenvalue weighted by Gasteiger charge is 2.71. The highest BCUT2D eigenvalue weighted by atomic mass is 35.5. The van der Waals surface area contributed by atoms with Gasteiger partial charge in [-0.1, -0.05) is 11.6 Å². The molecule has 1 aromatic rings. The molecule has 0 saturated heterocycles. The zero-order valence-electron chi connectivity index (χ0n) is 7.93. The quantitative estimate of drug-likeness (QED) is 0.851. The average Bonchev–Trinajstić information content (AvgIpc) is 2.65. The second-order valence-corrected chi connectivity index (χ2v) is 3.94. The summed E-state index contributed by atoms with van der Waals surface area (Å²) in [6, 6.07) is 1.42. The van der Waals surface area contributed by atoms with E-state index in [1.165, 1.54) is 19.4 Å². The zero-order chi connectivity index (χ0) is 11.3. The van der Waals surface area contributed by atoms with Crippen molar-refractivity contribution in [1.82, 2.24) is 4.98 Å². The maximum atomic E-state index is 13.1. The van der Waals surface area contributed by atoms with Crippen LogP contribution >= 0.6 is 11.6 Å². The summed E-state index contributed by atoms with van der Waals surface area (Å²) in [7, 11) is 1.34. The number of rotatable bonds is 2. The van der Waals surface area contributed by atoms with Gasteiger partial charge < -0.3 is 10.5 Å². The molecule has 2 rings (SSSR count). The van der Waals surface area contributed by atoms with Crippen LogP contribution in [0.15, 0.2) is 12.3 Å². The maximum Gasteiger partial charge on any atom is 0.272 e. The summed E-state index contributed by atoms with van der Waals surface area (Å²) in [6.07, 6.45) is 0.955. The van der Waals surface area contributed by atoms with E-state index in [-0.39, 0.29) is 16.5 Å². The molecule has 0 aromatic carbocycles. The van der Waals surface area contributed by atoms with E-state index in [1.807, 2.05) is 0 Å². The van der Waals surface area contributed by atoms with Crippen LogP contribution in [0.3, 0.4) is 0 Å².